The Balaban J connectivity index is 1.87. The monoisotopic (exact) mass is 336 g/mol. The molecule has 3 heterocycles. The van der Waals surface area contributed by atoms with Gasteiger partial charge in [-0.15, -0.1) is 0 Å². The lowest BCUT2D eigenvalue weighted by Crippen LogP contribution is -2.23. The number of furan rings is 1. The normalized spacial score (nSPS) is 27.7. The number of fused-ring (bicyclic) bond motifs is 4. The minimum absolute atomic E-state index is 0.519. The second-order valence-electron chi connectivity index (χ2n) is 4.50. The van der Waals surface area contributed by atoms with E-state index in [1.807, 2.05) is 57.0 Å². The van der Waals surface area contributed by atoms with E-state index in [1.165, 1.54) is 0 Å². The SMILES string of the molecule is Cc1oc(C)c2c1OCC1CSSCC(CO2)SS1. The van der Waals surface area contributed by atoms with Crippen LogP contribution in [0.1, 0.15) is 11.5 Å². The number of hydrogen-bond donors (Lipinski definition) is 0. The maximum absolute atomic E-state index is 5.96. The molecule has 0 spiro atoms. The van der Waals surface area contributed by atoms with Gasteiger partial charge in [0.2, 0.25) is 11.5 Å². The zero-order valence-corrected chi connectivity index (χ0v) is 14.1. The van der Waals surface area contributed by atoms with Crippen LogP contribution in [-0.2, 0) is 0 Å². The van der Waals surface area contributed by atoms with E-state index < -0.39 is 0 Å². The van der Waals surface area contributed by atoms with Crippen molar-refractivity contribution in [2.45, 2.75) is 24.3 Å². The largest absolute Gasteiger partial charge is 0.485 e. The molecule has 7 heteroatoms. The third-order valence-corrected chi connectivity index (χ3v) is 9.11. The molecule has 0 N–H and O–H groups in total. The van der Waals surface area contributed by atoms with Crippen LogP contribution in [-0.4, -0.2) is 35.2 Å². The number of aryl methyl sites for hydroxylation is 2. The molecule has 2 bridgehead atoms. The van der Waals surface area contributed by atoms with E-state index in [2.05, 4.69) is 0 Å². The molecule has 2 unspecified atom stereocenters. The summed E-state index contributed by atoms with van der Waals surface area (Å²) in [5.74, 6) is 5.49. The molecule has 1 aromatic heterocycles. The highest BCUT2D eigenvalue weighted by Gasteiger charge is 2.26. The summed E-state index contributed by atoms with van der Waals surface area (Å²) in [4.78, 5) is 0. The zero-order chi connectivity index (χ0) is 13.2. The van der Waals surface area contributed by atoms with Crippen LogP contribution in [0.4, 0.5) is 0 Å². The zero-order valence-electron chi connectivity index (χ0n) is 10.8. The van der Waals surface area contributed by atoms with Crippen LogP contribution in [0, 0.1) is 13.8 Å². The van der Waals surface area contributed by atoms with E-state index in [0.29, 0.717) is 23.7 Å². The molecule has 2 aliphatic rings. The van der Waals surface area contributed by atoms with Gasteiger partial charge in [0.05, 0.1) is 10.5 Å². The van der Waals surface area contributed by atoms with Crippen molar-refractivity contribution < 1.29 is 13.9 Å². The van der Waals surface area contributed by atoms with Gasteiger partial charge in [-0.1, -0.05) is 43.2 Å². The standard InChI is InChI=1S/C12H16O3S4/c1-7-11-12(8(2)15-7)14-4-10-6-17-16-5-9(3-13-11)18-19-10/h9-10H,3-6H2,1-2H3. The Kier molecular flexibility index (Phi) is 4.77. The summed E-state index contributed by atoms with van der Waals surface area (Å²) in [5, 5.41) is 1.04. The number of hydrogen-bond acceptors (Lipinski definition) is 7. The van der Waals surface area contributed by atoms with Crippen LogP contribution < -0.4 is 9.47 Å². The highest BCUT2D eigenvalue weighted by molar-refractivity contribution is 8.80. The van der Waals surface area contributed by atoms with Crippen molar-refractivity contribution in [3.63, 3.8) is 0 Å². The summed E-state index contributed by atoms with van der Waals surface area (Å²) in [7, 11) is 7.77. The third-order valence-electron chi connectivity index (χ3n) is 2.90. The molecular weight excluding hydrogens is 320 g/mol. The van der Waals surface area contributed by atoms with Gasteiger partial charge in [0, 0.05) is 11.5 Å². The van der Waals surface area contributed by atoms with Gasteiger partial charge in [-0.25, -0.2) is 0 Å². The maximum atomic E-state index is 5.96. The minimum Gasteiger partial charge on any atom is -0.485 e. The van der Waals surface area contributed by atoms with Crippen LogP contribution in [0.15, 0.2) is 4.42 Å². The first-order chi connectivity index (χ1) is 9.24. The first kappa shape index (κ1) is 14.2. The van der Waals surface area contributed by atoms with Crippen LogP contribution in [0.25, 0.3) is 0 Å². The fraction of sp³-hybridized carbons (Fsp3) is 0.667. The summed E-state index contributed by atoms with van der Waals surface area (Å²) >= 11 is 0. The van der Waals surface area contributed by atoms with E-state index >= 15 is 0 Å². The number of rotatable bonds is 0. The smallest absolute Gasteiger partial charge is 0.203 e. The molecule has 106 valence electrons. The summed E-state index contributed by atoms with van der Waals surface area (Å²) in [6.45, 7) is 5.31. The van der Waals surface area contributed by atoms with Crippen molar-refractivity contribution in [3.05, 3.63) is 11.5 Å². The predicted molar refractivity (Wildman–Crippen MR) is 86.8 cm³/mol. The molecule has 0 aliphatic carbocycles. The molecule has 0 aromatic carbocycles. The van der Waals surface area contributed by atoms with E-state index in [0.717, 1.165) is 34.5 Å². The van der Waals surface area contributed by atoms with Crippen molar-refractivity contribution in [1.82, 2.24) is 0 Å². The molecule has 2 atom stereocenters. The van der Waals surface area contributed by atoms with Crippen LogP contribution in [0.3, 0.4) is 0 Å². The topological polar surface area (TPSA) is 31.6 Å². The molecule has 1 saturated heterocycles. The van der Waals surface area contributed by atoms with Crippen LogP contribution in [0.5, 0.6) is 11.5 Å². The Morgan fingerprint density at radius 2 is 1.32 bits per heavy atom. The lowest BCUT2D eigenvalue weighted by atomic mass is 10.3. The van der Waals surface area contributed by atoms with Crippen molar-refractivity contribution in [1.29, 1.82) is 0 Å². The molecule has 0 radical (unpaired) electrons. The fourth-order valence-corrected chi connectivity index (χ4v) is 8.40. The Bertz CT molecular complexity index is 410. The lowest BCUT2D eigenvalue weighted by Gasteiger charge is -2.25. The minimum atomic E-state index is 0.519. The van der Waals surface area contributed by atoms with Gasteiger partial charge in [-0.05, 0) is 13.8 Å². The van der Waals surface area contributed by atoms with Crippen molar-refractivity contribution in [3.8, 4) is 11.5 Å². The fourth-order valence-electron chi connectivity index (χ4n) is 1.94. The first-order valence-electron chi connectivity index (χ1n) is 6.16. The van der Waals surface area contributed by atoms with E-state index in [1.54, 1.807) is 0 Å². The Hall–Kier alpha value is 0.280. The van der Waals surface area contributed by atoms with Crippen LogP contribution in [0.2, 0.25) is 0 Å². The Morgan fingerprint density at radius 3 is 1.79 bits per heavy atom. The van der Waals surface area contributed by atoms with Gasteiger partial charge in [0.1, 0.15) is 24.7 Å². The summed E-state index contributed by atoms with van der Waals surface area (Å²) in [6.07, 6.45) is 0. The molecule has 1 aromatic rings. The van der Waals surface area contributed by atoms with Gasteiger partial charge in [-0.2, -0.15) is 0 Å². The Labute approximate surface area is 129 Å². The highest BCUT2D eigenvalue weighted by atomic mass is 33.1. The van der Waals surface area contributed by atoms with Gasteiger partial charge >= 0.3 is 0 Å². The highest BCUT2D eigenvalue weighted by Crippen LogP contribution is 2.44. The van der Waals surface area contributed by atoms with Crippen LogP contribution >= 0.6 is 43.2 Å². The molecular formula is C12H16O3S4. The summed E-state index contributed by atoms with van der Waals surface area (Å²) in [5.41, 5.74) is 0. The van der Waals surface area contributed by atoms with E-state index in [9.17, 15) is 0 Å². The van der Waals surface area contributed by atoms with Gasteiger partial charge in [-0.3, -0.25) is 0 Å². The molecule has 0 amide bonds. The first-order valence-corrected chi connectivity index (χ1v) is 10.9. The van der Waals surface area contributed by atoms with Crippen molar-refractivity contribution >= 4 is 43.2 Å². The second-order valence-corrected chi connectivity index (χ2v) is 9.93. The second kappa shape index (κ2) is 6.37. The molecule has 1 fully saturated rings. The van der Waals surface area contributed by atoms with E-state index in [-0.39, 0.29) is 0 Å². The van der Waals surface area contributed by atoms with E-state index in [4.69, 9.17) is 13.9 Å². The van der Waals surface area contributed by atoms with Crippen molar-refractivity contribution in [2.75, 3.05) is 24.7 Å². The molecule has 0 saturated carbocycles. The maximum Gasteiger partial charge on any atom is 0.203 e. The average molecular weight is 337 g/mol. The van der Waals surface area contributed by atoms with Gasteiger partial charge < -0.3 is 13.9 Å². The van der Waals surface area contributed by atoms with Crippen molar-refractivity contribution in [2.24, 2.45) is 0 Å². The molecule has 19 heavy (non-hydrogen) atoms. The number of ether oxygens (including phenoxy) is 2. The van der Waals surface area contributed by atoms with Gasteiger partial charge in [0.15, 0.2) is 0 Å². The predicted octanol–water partition coefficient (Wildman–Crippen LogP) is 4.18. The average Bonchev–Trinajstić information content (AvgIpc) is 2.62. The summed E-state index contributed by atoms with van der Waals surface area (Å²) in [6, 6.07) is 0. The Morgan fingerprint density at radius 1 is 0.842 bits per heavy atom. The van der Waals surface area contributed by atoms with Gasteiger partial charge in [0.25, 0.3) is 0 Å². The summed E-state index contributed by atoms with van der Waals surface area (Å²) < 4.78 is 17.6. The molecule has 3 rings (SSSR count). The quantitative estimate of drug-likeness (QED) is 0.657. The lowest BCUT2D eigenvalue weighted by molar-refractivity contribution is 0.273. The molecule has 2 aliphatic heterocycles. The third kappa shape index (κ3) is 3.31. The molecule has 3 nitrogen and oxygen atoms in total.